The third kappa shape index (κ3) is 1.91. The number of furan rings is 1. The van der Waals surface area contributed by atoms with Crippen molar-refractivity contribution in [1.29, 1.82) is 0 Å². The molecule has 1 aromatic rings. The summed E-state index contributed by atoms with van der Waals surface area (Å²) in [6.45, 7) is 1.03. The Balaban J connectivity index is 1.90. The van der Waals surface area contributed by atoms with Crippen LogP contribution in [0.2, 0.25) is 0 Å². The lowest BCUT2D eigenvalue weighted by atomic mass is 9.76. The first-order valence-corrected chi connectivity index (χ1v) is 6.83. The molecule has 1 fully saturated rings. The first kappa shape index (κ1) is 11.3. The average Bonchev–Trinajstić information content (AvgIpc) is 2.65. The second-order valence-electron chi connectivity index (χ2n) is 5.39. The normalized spacial score (nSPS) is 34.1. The number of fused-ring (bicyclic) bond motifs is 1. The van der Waals surface area contributed by atoms with Crippen LogP contribution in [0.3, 0.4) is 0 Å². The molecule has 1 aliphatic heterocycles. The van der Waals surface area contributed by atoms with Gasteiger partial charge in [0, 0.05) is 18.0 Å². The van der Waals surface area contributed by atoms with Crippen LogP contribution in [0, 0.1) is 0 Å². The monoisotopic (exact) mass is 235 g/mol. The van der Waals surface area contributed by atoms with E-state index in [-0.39, 0.29) is 6.04 Å². The summed E-state index contributed by atoms with van der Waals surface area (Å²) in [5.41, 5.74) is 0.327. The van der Waals surface area contributed by atoms with Gasteiger partial charge in [0.1, 0.15) is 11.4 Å². The van der Waals surface area contributed by atoms with Gasteiger partial charge in [0.2, 0.25) is 0 Å². The Bertz CT molecular complexity index is 379. The Morgan fingerprint density at radius 1 is 1.29 bits per heavy atom. The predicted octanol–water partition coefficient (Wildman–Crippen LogP) is 2.34. The van der Waals surface area contributed by atoms with E-state index in [0.29, 0.717) is 0 Å². The quantitative estimate of drug-likeness (QED) is 0.785. The molecule has 1 aromatic heterocycles. The Morgan fingerprint density at radius 2 is 2.24 bits per heavy atom. The number of hydrogen-bond donors (Lipinski definition) is 2. The molecule has 2 N–H and O–H groups in total. The van der Waals surface area contributed by atoms with Gasteiger partial charge >= 0.3 is 0 Å². The van der Waals surface area contributed by atoms with E-state index >= 15 is 0 Å². The fourth-order valence-corrected chi connectivity index (χ4v) is 3.37. The zero-order valence-electron chi connectivity index (χ0n) is 10.2. The molecule has 1 aliphatic carbocycles. The minimum absolute atomic E-state index is 0.196. The molecule has 3 nitrogen and oxygen atoms in total. The van der Waals surface area contributed by atoms with Crippen LogP contribution in [0.5, 0.6) is 0 Å². The molecular weight excluding hydrogens is 214 g/mol. The van der Waals surface area contributed by atoms with E-state index < -0.39 is 5.60 Å². The number of rotatable bonds is 1. The number of aliphatic hydroxyl groups is 1. The highest BCUT2D eigenvalue weighted by Gasteiger charge is 2.42. The largest absolute Gasteiger partial charge is 0.469 e. The van der Waals surface area contributed by atoms with Crippen molar-refractivity contribution in [2.75, 3.05) is 6.54 Å². The zero-order chi connectivity index (χ0) is 11.7. The van der Waals surface area contributed by atoms with Gasteiger partial charge in [-0.1, -0.05) is 12.8 Å². The van der Waals surface area contributed by atoms with Crippen molar-refractivity contribution in [2.45, 2.75) is 56.6 Å². The number of nitrogens with one attached hydrogen (secondary N) is 1. The molecule has 0 amide bonds. The van der Waals surface area contributed by atoms with Crippen LogP contribution < -0.4 is 5.32 Å². The van der Waals surface area contributed by atoms with E-state index in [1.807, 2.05) is 6.07 Å². The molecule has 2 heterocycles. The van der Waals surface area contributed by atoms with Crippen LogP contribution in [-0.4, -0.2) is 17.7 Å². The highest BCUT2D eigenvalue weighted by molar-refractivity contribution is 5.29. The number of aryl methyl sites for hydroxylation is 1. The van der Waals surface area contributed by atoms with Crippen LogP contribution in [0.25, 0.3) is 0 Å². The molecule has 2 atom stereocenters. The van der Waals surface area contributed by atoms with Gasteiger partial charge in [-0.05, 0) is 38.3 Å². The first-order chi connectivity index (χ1) is 8.31. The van der Waals surface area contributed by atoms with Crippen molar-refractivity contribution in [1.82, 2.24) is 5.32 Å². The lowest BCUT2D eigenvalue weighted by Gasteiger charge is -2.39. The van der Waals surface area contributed by atoms with E-state index in [2.05, 4.69) is 5.32 Å². The lowest BCUT2D eigenvalue weighted by Crippen LogP contribution is -2.49. The SMILES string of the molecule is OC1(C2CCCCCN2)CCCc2occc21. The van der Waals surface area contributed by atoms with Crippen molar-refractivity contribution in [3.05, 3.63) is 23.7 Å². The van der Waals surface area contributed by atoms with E-state index in [4.69, 9.17) is 4.42 Å². The van der Waals surface area contributed by atoms with Crippen molar-refractivity contribution >= 4 is 0 Å². The molecular formula is C14H21NO2. The molecule has 0 spiro atoms. The first-order valence-electron chi connectivity index (χ1n) is 6.83. The number of hydrogen-bond acceptors (Lipinski definition) is 3. The maximum absolute atomic E-state index is 11.0. The minimum atomic E-state index is -0.703. The van der Waals surface area contributed by atoms with Gasteiger partial charge in [-0.15, -0.1) is 0 Å². The summed E-state index contributed by atoms with van der Waals surface area (Å²) in [4.78, 5) is 0. The lowest BCUT2D eigenvalue weighted by molar-refractivity contribution is -0.0223. The summed E-state index contributed by atoms with van der Waals surface area (Å²) >= 11 is 0. The van der Waals surface area contributed by atoms with Gasteiger partial charge in [-0.3, -0.25) is 0 Å². The van der Waals surface area contributed by atoms with Crippen LogP contribution >= 0.6 is 0 Å². The molecule has 17 heavy (non-hydrogen) atoms. The summed E-state index contributed by atoms with van der Waals surface area (Å²) in [6.07, 6.45) is 9.36. The predicted molar refractivity (Wildman–Crippen MR) is 65.8 cm³/mol. The second kappa shape index (κ2) is 4.46. The molecule has 1 saturated heterocycles. The summed E-state index contributed by atoms with van der Waals surface area (Å²) < 4.78 is 5.49. The maximum atomic E-state index is 11.0. The molecule has 0 radical (unpaired) electrons. The molecule has 3 rings (SSSR count). The Morgan fingerprint density at radius 3 is 3.18 bits per heavy atom. The molecule has 0 bridgehead atoms. The van der Waals surface area contributed by atoms with Crippen molar-refractivity contribution in [3.8, 4) is 0 Å². The molecule has 2 unspecified atom stereocenters. The average molecular weight is 235 g/mol. The second-order valence-corrected chi connectivity index (χ2v) is 5.39. The fourth-order valence-electron chi connectivity index (χ4n) is 3.37. The summed E-state index contributed by atoms with van der Waals surface area (Å²) in [5, 5.41) is 14.6. The van der Waals surface area contributed by atoms with Gasteiger partial charge in [0.05, 0.1) is 6.26 Å². The van der Waals surface area contributed by atoms with Crippen molar-refractivity contribution in [3.63, 3.8) is 0 Å². The molecule has 0 aromatic carbocycles. The Kier molecular flexibility index (Phi) is 2.97. The summed E-state index contributed by atoms with van der Waals surface area (Å²) in [7, 11) is 0. The third-order valence-corrected chi connectivity index (χ3v) is 4.31. The van der Waals surface area contributed by atoms with Gasteiger partial charge in [-0.2, -0.15) is 0 Å². The van der Waals surface area contributed by atoms with Crippen LogP contribution in [0.1, 0.15) is 49.8 Å². The Labute approximate surface area is 102 Å². The van der Waals surface area contributed by atoms with Crippen LogP contribution in [0.15, 0.2) is 16.7 Å². The molecule has 0 saturated carbocycles. The van der Waals surface area contributed by atoms with E-state index in [9.17, 15) is 5.11 Å². The van der Waals surface area contributed by atoms with Gasteiger partial charge < -0.3 is 14.8 Å². The van der Waals surface area contributed by atoms with Crippen molar-refractivity contribution < 1.29 is 9.52 Å². The molecule has 94 valence electrons. The fraction of sp³-hybridized carbons (Fsp3) is 0.714. The minimum Gasteiger partial charge on any atom is -0.469 e. The van der Waals surface area contributed by atoms with Gasteiger partial charge in [0.25, 0.3) is 0 Å². The van der Waals surface area contributed by atoms with Crippen molar-refractivity contribution in [2.24, 2.45) is 0 Å². The summed E-state index contributed by atoms with van der Waals surface area (Å²) in [6, 6.07) is 2.16. The van der Waals surface area contributed by atoms with Crippen LogP contribution in [-0.2, 0) is 12.0 Å². The van der Waals surface area contributed by atoms with E-state index in [1.165, 1.54) is 19.3 Å². The summed E-state index contributed by atoms with van der Waals surface area (Å²) in [5.74, 6) is 0.991. The zero-order valence-corrected chi connectivity index (χ0v) is 10.2. The maximum Gasteiger partial charge on any atom is 0.109 e. The Hall–Kier alpha value is -0.800. The van der Waals surface area contributed by atoms with E-state index in [0.717, 1.165) is 43.6 Å². The smallest absolute Gasteiger partial charge is 0.109 e. The van der Waals surface area contributed by atoms with E-state index in [1.54, 1.807) is 6.26 Å². The highest BCUT2D eigenvalue weighted by atomic mass is 16.3. The third-order valence-electron chi connectivity index (χ3n) is 4.31. The van der Waals surface area contributed by atoms with Gasteiger partial charge in [0.15, 0.2) is 0 Å². The molecule has 3 heteroatoms. The van der Waals surface area contributed by atoms with Crippen LogP contribution in [0.4, 0.5) is 0 Å². The topological polar surface area (TPSA) is 45.4 Å². The highest BCUT2D eigenvalue weighted by Crippen LogP contribution is 2.40. The standard InChI is InChI=1S/C14H21NO2/c16-14(13-6-2-1-3-9-15-13)8-4-5-12-11(14)7-10-17-12/h7,10,13,15-16H,1-6,8-9H2. The molecule has 2 aliphatic rings. The van der Waals surface area contributed by atoms with Gasteiger partial charge in [-0.25, -0.2) is 0 Å².